The van der Waals surface area contributed by atoms with E-state index in [1.54, 1.807) is 6.07 Å². The first kappa shape index (κ1) is 15.6. The Hall–Kier alpha value is -0.500. The standard InChI is InChI=1S/C15H21Cl2N/c1-2-3-4-5-6-10-18-11-9-13-7-8-14(16)12-15(13)17/h2,7-8,12,18H,1,3-6,9-11H2. The van der Waals surface area contributed by atoms with Crippen LogP contribution in [0, 0.1) is 0 Å². The fraction of sp³-hybridized carbons (Fsp3) is 0.467. The molecule has 0 radical (unpaired) electrons. The van der Waals surface area contributed by atoms with Crippen LogP contribution in [0.1, 0.15) is 31.2 Å². The molecule has 18 heavy (non-hydrogen) atoms. The van der Waals surface area contributed by atoms with Crippen molar-refractivity contribution in [2.75, 3.05) is 13.1 Å². The summed E-state index contributed by atoms with van der Waals surface area (Å²) in [4.78, 5) is 0. The maximum atomic E-state index is 6.11. The third kappa shape index (κ3) is 6.44. The van der Waals surface area contributed by atoms with Gasteiger partial charge in [0.2, 0.25) is 0 Å². The van der Waals surface area contributed by atoms with Crippen molar-refractivity contribution < 1.29 is 0 Å². The highest BCUT2D eigenvalue weighted by Gasteiger charge is 2.00. The summed E-state index contributed by atoms with van der Waals surface area (Å²) < 4.78 is 0. The molecule has 0 aliphatic carbocycles. The molecule has 1 aromatic carbocycles. The molecule has 1 aromatic rings. The molecule has 0 aliphatic heterocycles. The zero-order valence-corrected chi connectivity index (χ0v) is 12.2. The second-order valence-corrected chi connectivity index (χ2v) is 5.22. The van der Waals surface area contributed by atoms with Crippen molar-refractivity contribution in [3.05, 3.63) is 46.5 Å². The van der Waals surface area contributed by atoms with Crippen LogP contribution in [0.3, 0.4) is 0 Å². The summed E-state index contributed by atoms with van der Waals surface area (Å²) in [6, 6.07) is 5.68. The lowest BCUT2D eigenvalue weighted by Crippen LogP contribution is -2.18. The number of halogens is 2. The monoisotopic (exact) mass is 285 g/mol. The molecule has 0 unspecified atom stereocenters. The van der Waals surface area contributed by atoms with Gasteiger partial charge in [-0.1, -0.05) is 41.8 Å². The second kappa shape index (κ2) is 9.43. The van der Waals surface area contributed by atoms with Crippen molar-refractivity contribution in [2.24, 2.45) is 0 Å². The topological polar surface area (TPSA) is 12.0 Å². The lowest BCUT2D eigenvalue weighted by Gasteiger charge is -2.06. The Bertz CT molecular complexity index is 364. The van der Waals surface area contributed by atoms with Crippen molar-refractivity contribution in [3.8, 4) is 0 Å². The van der Waals surface area contributed by atoms with Gasteiger partial charge in [-0.3, -0.25) is 0 Å². The van der Waals surface area contributed by atoms with Crippen LogP contribution in [-0.2, 0) is 6.42 Å². The molecule has 0 aromatic heterocycles. The predicted molar refractivity (Wildman–Crippen MR) is 81.7 cm³/mol. The lowest BCUT2D eigenvalue weighted by molar-refractivity contribution is 0.606. The smallest absolute Gasteiger partial charge is 0.0453 e. The van der Waals surface area contributed by atoms with E-state index in [1.165, 1.54) is 19.3 Å². The van der Waals surface area contributed by atoms with Gasteiger partial charge in [0.25, 0.3) is 0 Å². The number of benzene rings is 1. The van der Waals surface area contributed by atoms with Gasteiger partial charge in [0.1, 0.15) is 0 Å². The van der Waals surface area contributed by atoms with Crippen LogP contribution in [0.25, 0.3) is 0 Å². The van der Waals surface area contributed by atoms with Crippen LogP contribution >= 0.6 is 23.2 Å². The number of unbranched alkanes of at least 4 members (excludes halogenated alkanes) is 3. The van der Waals surface area contributed by atoms with E-state index in [-0.39, 0.29) is 0 Å². The molecular weight excluding hydrogens is 265 g/mol. The summed E-state index contributed by atoms with van der Waals surface area (Å²) in [5.74, 6) is 0. The lowest BCUT2D eigenvalue weighted by atomic mass is 10.1. The number of hydrogen-bond acceptors (Lipinski definition) is 1. The van der Waals surface area contributed by atoms with Gasteiger partial charge in [-0.2, -0.15) is 0 Å². The van der Waals surface area contributed by atoms with E-state index in [2.05, 4.69) is 11.9 Å². The van der Waals surface area contributed by atoms with Gasteiger partial charge in [-0.25, -0.2) is 0 Å². The normalized spacial score (nSPS) is 10.6. The summed E-state index contributed by atoms with van der Waals surface area (Å²) in [5, 5.41) is 4.89. The summed E-state index contributed by atoms with van der Waals surface area (Å²) in [5.41, 5.74) is 1.15. The molecule has 3 heteroatoms. The molecule has 0 heterocycles. The Labute approximate surface area is 120 Å². The van der Waals surface area contributed by atoms with Gasteiger partial charge < -0.3 is 5.32 Å². The molecule has 1 N–H and O–H groups in total. The zero-order valence-electron chi connectivity index (χ0n) is 10.7. The van der Waals surface area contributed by atoms with E-state index in [1.807, 2.05) is 18.2 Å². The van der Waals surface area contributed by atoms with Gasteiger partial charge in [0.05, 0.1) is 0 Å². The van der Waals surface area contributed by atoms with Gasteiger partial charge in [0.15, 0.2) is 0 Å². The fourth-order valence-corrected chi connectivity index (χ4v) is 2.29. The van der Waals surface area contributed by atoms with E-state index < -0.39 is 0 Å². The van der Waals surface area contributed by atoms with Gasteiger partial charge in [-0.05, 0) is 56.5 Å². The molecule has 0 aliphatic rings. The molecule has 0 fully saturated rings. The van der Waals surface area contributed by atoms with Crippen LogP contribution in [-0.4, -0.2) is 13.1 Å². The van der Waals surface area contributed by atoms with E-state index in [9.17, 15) is 0 Å². The van der Waals surface area contributed by atoms with Gasteiger partial charge >= 0.3 is 0 Å². The maximum absolute atomic E-state index is 6.11. The third-order valence-electron chi connectivity index (χ3n) is 2.85. The molecule has 0 bridgehead atoms. The number of rotatable bonds is 9. The molecule has 0 saturated carbocycles. The first-order valence-electron chi connectivity index (χ1n) is 6.49. The van der Waals surface area contributed by atoms with Gasteiger partial charge in [-0.15, -0.1) is 6.58 Å². The minimum Gasteiger partial charge on any atom is -0.316 e. The van der Waals surface area contributed by atoms with E-state index in [4.69, 9.17) is 23.2 Å². The van der Waals surface area contributed by atoms with E-state index >= 15 is 0 Å². The highest BCUT2D eigenvalue weighted by Crippen LogP contribution is 2.20. The SMILES string of the molecule is C=CCCCCCNCCc1ccc(Cl)cc1Cl. The van der Waals surface area contributed by atoms with Crippen LogP contribution in [0.5, 0.6) is 0 Å². The van der Waals surface area contributed by atoms with Crippen molar-refractivity contribution >= 4 is 23.2 Å². The second-order valence-electron chi connectivity index (χ2n) is 4.37. The molecule has 0 saturated heterocycles. The van der Waals surface area contributed by atoms with Crippen LogP contribution < -0.4 is 5.32 Å². The highest BCUT2D eigenvalue weighted by atomic mass is 35.5. The molecule has 1 rings (SSSR count). The van der Waals surface area contributed by atoms with Crippen molar-refractivity contribution in [2.45, 2.75) is 32.1 Å². The van der Waals surface area contributed by atoms with Crippen LogP contribution in [0.15, 0.2) is 30.9 Å². The van der Waals surface area contributed by atoms with Crippen LogP contribution in [0.2, 0.25) is 10.0 Å². The van der Waals surface area contributed by atoms with Gasteiger partial charge in [0, 0.05) is 10.0 Å². The Morgan fingerprint density at radius 3 is 2.67 bits per heavy atom. The van der Waals surface area contributed by atoms with E-state index in [0.29, 0.717) is 5.02 Å². The molecule has 0 spiro atoms. The summed E-state index contributed by atoms with van der Waals surface area (Å²) >= 11 is 12.0. The zero-order chi connectivity index (χ0) is 13.2. The van der Waals surface area contributed by atoms with Crippen LogP contribution in [0.4, 0.5) is 0 Å². The summed E-state index contributed by atoms with van der Waals surface area (Å²) in [6.45, 7) is 5.75. The average molecular weight is 286 g/mol. The molecule has 1 nitrogen and oxygen atoms in total. The Morgan fingerprint density at radius 1 is 1.11 bits per heavy atom. The quantitative estimate of drug-likeness (QED) is 0.504. The van der Waals surface area contributed by atoms with E-state index in [0.717, 1.165) is 36.5 Å². The van der Waals surface area contributed by atoms with Crippen molar-refractivity contribution in [3.63, 3.8) is 0 Å². The number of allylic oxidation sites excluding steroid dienone is 1. The predicted octanol–water partition coefficient (Wildman–Crippen LogP) is 4.87. The molecule has 0 atom stereocenters. The van der Waals surface area contributed by atoms with Crippen molar-refractivity contribution in [1.82, 2.24) is 5.32 Å². The summed E-state index contributed by atoms with van der Waals surface area (Å²) in [6.07, 6.45) is 7.79. The highest BCUT2D eigenvalue weighted by molar-refractivity contribution is 6.35. The third-order valence-corrected chi connectivity index (χ3v) is 3.43. The number of hydrogen-bond donors (Lipinski definition) is 1. The Kier molecular flexibility index (Phi) is 8.15. The molecule has 0 amide bonds. The molecular formula is C15H21Cl2N. The Balaban J connectivity index is 2.09. The Morgan fingerprint density at radius 2 is 1.94 bits per heavy atom. The summed E-state index contributed by atoms with van der Waals surface area (Å²) in [7, 11) is 0. The average Bonchev–Trinajstić information content (AvgIpc) is 2.35. The fourth-order valence-electron chi connectivity index (χ4n) is 1.79. The first-order valence-corrected chi connectivity index (χ1v) is 7.25. The maximum Gasteiger partial charge on any atom is 0.0453 e. The largest absolute Gasteiger partial charge is 0.316 e. The van der Waals surface area contributed by atoms with Crippen molar-refractivity contribution in [1.29, 1.82) is 0 Å². The first-order chi connectivity index (χ1) is 8.74. The minimum absolute atomic E-state index is 0.693. The number of nitrogens with one attached hydrogen (secondary N) is 1. The minimum atomic E-state index is 0.693. The molecule has 100 valence electrons.